The molecule has 2 N–H and O–H groups in total. The average Bonchev–Trinajstić information content (AvgIpc) is 2.48. The predicted octanol–water partition coefficient (Wildman–Crippen LogP) is 4.00. The lowest BCUT2D eigenvalue weighted by molar-refractivity contribution is 1.33. The Morgan fingerprint density at radius 3 is 2.16 bits per heavy atom. The van der Waals surface area contributed by atoms with Gasteiger partial charge in [0.1, 0.15) is 0 Å². The smallest absolute Gasteiger partial charge is 0.0702 e. The van der Waals surface area contributed by atoms with Crippen LogP contribution in [0, 0.1) is 0 Å². The molecule has 2 aromatic carbocycles. The number of nitrogens with zero attached hydrogens (tertiary/aromatic N) is 1. The molecule has 0 fully saturated rings. The third-order valence-electron chi connectivity index (χ3n) is 3.04. The van der Waals surface area contributed by atoms with E-state index >= 15 is 0 Å². The number of rotatable bonds is 2. The Hall–Kier alpha value is -2.61. The first-order valence-electron chi connectivity index (χ1n) is 6.20. The SMILES string of the molecule is Nc1cccc(-c2cccc(-c3ccccn3)c2)c1. The second-order valence-corrected chi connectivity index (χ2v) is 4.42. The first-order chi connectivity index (χ1) is 9.33. The summed E-state index contributed by atoms with van der Waals surface area (Å²) in [5.41, 5.74) is 11.0. The second kappa shape index (κ2) is 4.94. The highest BCUT2D eigenvalue weighted by atomic mass is 14.7. The van der Waals surface area contributed by atoms with Crippen molar-refractivity contribution in [2.24, 2.45) is 0 Å². The van der Waals surface area contributed by atoms with Crippen LogP contribution in [0.2, 0.25) is 0 Å². The van der Waals surface area contributed by atoms with Gasteiger partial charge in [-0.3, -0.25) is 4.98 Å². The molecule has 0 aliphatic heterocycles. The summed E-state index contributed by atoms with van der Waals surface area (Å²) in [5, 5.41) is 0. The van der Waals surface area contributed by atoms with Crippen molar-refractivity contribution in [3.05, 3.63) is 72.9 Å². The van der Waals surface area contributed by atoms with E-state index in [1.807, 2.05) is 48.7 Å². The van der Waals surface area contributed by atoms with E-state index in [4.69, 9.17) is 5.73 Å². The fourth-order valence-corrected chi connectivity index (χ4v) is 2.11. The van der Waals surface area contributed by atoms with Gasteiger partial charge in [0, 0.05) is 17.4 Å². The van der Waals surface area contributed by atoms with Gasteiger partial charge >= 0.3 is 0 Å². The third kappa shape index (κ3) is 2.47. The van der Waals surface area contributed by atoms with Gasteiger partial charge < -0.3 is 5.73 Å². The maximum atomic E-state index is 5.83. The second-order valence-electron chi connectivity index (χ2n) is 4.42. The standard InChI is InChI=1S/C17H14N2/c18-16-8-4-6-14(12-16)13-5-3-7-15(11-13)17-9-1-2-10-19-17/h1-12H,18H2. The van der Waals surface area contributed by atoms with Crippen molar-refractivity contribution in [2.45, 2.75) is 0 Å². The number of pyridine rings is 1. The van der Waals surface area contributed by atoms with Crippen molar-refractivity contribution in [1.82, 2.24) is 4.98 Å². The molecule has 1 aromatic heterocycles. The van der Waals surface area contributed by atoms with Crippen LogP contribution in [0.15, 0.2) is 72.9 Å². The summed E-state index contributed by atoms with van der Waals surface area (Å²) in [6.07, 6.45) is 1.81. The van der Waals surface area contributed by atoms with E-state index in [-0.39, 0.29) is 0 Å². The molecule has 0 spiro atoms. The normalized spacial score (nSPS) is 10.3. The van der Waals surface area contributed by atoms with E-state index < -0.39 is 0 Å². The summed E-state index contributed by atoms with van der Waals surface area (Å²) in [6, 6.07) is 22.2. The number of anilines is 1. The lowest BCUT2D eigenvalue weighted by atomic mass is 10.0. The highest BCUT2D eigenvalue weighted by Gasteiger charge is 2.02. The fraction of sp³-hybridized carbons (Fsp3) is 0. The van der Waals surface area contributed by atoms with Gasteiger partial charge in [-0.2, -0.15) is 0 Å². The van der Waals surface area contributed by atoms with Gasteiger partial charge in [-0.25, -0.2) is 0 Å². The summed E-state index contributed by atoms with van der Waals surface area (Å²) in [7, 11) is 0. The van der Waals surface area contributed by atoms with Gasteiger partial charge in [0.25, 0.3) is 0 Å². The molecule has 0 unspecified atom stereocenters. The first kappa shape index (κ1) is 11.5. The van der Waals surface area contributed by atoms with Crippen molar-refractivity contribution in [3.8, 4) is 22.4 Å². The van der Waals surface area contributed by atoms with Crippen molar-refractivity contribution in [2.75, 3.05) is 5.73 Å². The molecule has 0 radical (unpaired) electrons. The van der Waals surface area contributed by atoms with E-state index in [1.54, 1.807) is 0 Å². The van der Waals surface area contributed by atoms with Crippen LogP contribution in [-0.4, -0.2) is 4.98 Å². The Labute approximate surface area is 112 Å². The van der Waals surface area contributed by atoms with E-state index in [9.17, 15) is 0 Å². The summed E-state index contributed by atoms with van der Waals surface area (Å²) >= 11 is 0. The first-order valence-corrected chi connectivity index (χ1v) is 6.20. The minimum atomic E-state index is 0.778. The van der Waals surface area contributed by atoms with Crippen LogP contribution in [-0.2, 0) is 0 Å². The minimum Gasteiger partial charge on any atom is -0.399 e. The summed E-state index contributed by atoms with van der Waals surface area (Å²) in [4.78, 5) is 4.38. The van der Waals surface area contributed by atoms with Gasteiger partial charge in [0.05, 0.1) is 5.69 Å². The third-order valence-corrected chi connectivity index (χ3v) is 3.04. The van der Waals surface area contributed by atoms with Gasteiger partial charge in [-0.15, -0.1) is 0 Å². The van der Waals surface area contributed by atoms with Crippen LogP contribution in [0.3, 0.4) is 0 Å². The molecule has 0 bridgehead atoms. The Kier molecular flexibility index (Phi) is 2.99. The van der Waals surface area contributed by atoms with Gasteiger partial charge in [0.15, 0.2) is 0 Å². The molecule has 1 heterocycles. The molecule has 19 heavy (non-hydrogen) atoms. The van der Waals surface area contributed by atoms with Crippen LogP contribution in [0.1, 0.15) is 0 Å². The molecule has 2 heteroatoms. The van der Waals surface area contributed by atoms with Crippen LogP contribution >= 0.6 is 0 Å². The van der Waals surface area contributed by atoms with E-state index in [2.05, 4.69) is 29.2 Å². The Morgan fingerprint density at radius 1 is 0.684 bits per heavy atom. The zero-order valence-corrected chi connectivity index (χ0v) is 10.5. The lowest BCUT2D eigenvalue weighted by Gasteiger charge is -2.06. The average molecular weight is 246 g/mol. The molecule has 0 atom stereocenters. The number of hydrogen-bond donors (Lipinski definition) is 1. The molecule has 0 amide bonds. The number of nitrogen functional groups attached to an aromatic ring is 1. The number of aromatic nitrogens is 1. The van der Waals surface area contributed by atoms with Crippen LogP contribution in [0.25, 0.3) is 22.4 Å². The van der Waals surface area contributed by atoms with Gasteiger partial charge in [-0.05, 0) is 41.5 Å². The summed E-state index contributed by atoms with van der Waals surface area (Å²) in [5.74, 6) is 0. The molecule has 3 rings (SSSR count). The highest BCUT2D eigenvalue weighted by molar-refractivity contribution is 5.73. The Morgan fingerprint density at radius 2 is 1.42 bits per heavy atom. The molecule has 3 aromatic rings. The quantitative estimate of drug-likeness (QED) is 0.694. The molecular formula is C17H14N2. The fourth-order valence-electron chi connectivity index (χ4n) is 2.11. The van der Waals surface area contributed by atoms with Crippen molar-refractivity contribution in [1.29, 1.82) is 0 Å². The Balaban J connectivity index is 2.06. The molecule has 2 nitrogen and oxygen atoms in total. The van der Waals surface area contributed by atoms with Gasteiger partial charge in [-0.1, -0.05) is 36.4 Å². The van der Waals surface area contributed by atoms with Crippen molar-refractivity contribution in [3.63, 3.8) is 0 Å². The molecule has 0 saturated heterocycles. The zero-order chi connectivity index (χ0) is 13.1. The largest absolute Gasteiger partial charge is 0.399 e. The van der Waals surface area contributed by atoms with Gasteiger partial charge in [0.2, 0.25) is 0 Å². The number of hydrogen-bond acceptors (Lipinski definition) is 2. The summed E-state index contributed by atoms with van der Waals surface area (Å²) < 4.78 is 0. The van der Waals surface area contributed by atoms with E-state index in [0.717, 1.165) is 28.1 Å². The molecular weight excluding hydrogens is 232 g/mol. The van der Waals surface area contributed by atoms with E-state index in [1.165, 1.54) is 0 Å². The van der Waals surface area contributed by atoms with Crippen molar-refractivity contribution >= 4 is 5.69 Å². The predicted molar refractivity (Wildman–Crippen MR) is 79.5 cm³/mol. The Bertz CT molecular complexity index is 690. The van der Waals surface area contributed by atoms with Crippen molar-refractivity contribution < 1.29 is 0 Å². The topological polar surface area (TPSA) is 38.9 Å². The van der Waals surface area contributed by atoms with E-state index in [0.29, 0.717) is 0 Å². The lowest BCUT2D eigenvalue weighted by Crippen LogP contribution is -1.86. The maximum Gasteiger partial charge on any atom is 0.0702 e. The van der Waals surface area contributed by atoms with Crippen LogP contribution in [0.4, 0.5) is 5.69 Å². The summed E-state index contributed by atoms with van der Waals surface area (Å²) in [6.45, 7) is 0. The molecule has 0 aliphatic carbocycles. The van der Waals surface area contributed by atoms with Crippen LogP contribution < -0.4 is 5.73 Å². The maximum absolute atomic E-state index is 5.83. The van der Waals surface area contributed by atoms with Crippen LogP contribution in [0.5, 0.6) is 0 Å². The monoisotopic (exact) mass is 246 g/mol. The number of benzene rings is 2. The molecule has 92 valence electrons. The number of nitrogens with two attached hydrogens (primary N) is 1. The minimum absolute atomic E-state index is 0.778. The zero-order valence-electron chi connectivity index (χ0n) is 10.5. The highest BCUT2D eigenvalue weighted by Crippen LogP contribution is 2.26. The molecule has 0 saturated carbocycles. The molecule has 0 aliphatic rings.